The van der Waals surface area contributed by atoms with Gasteiger partial charge in [0.05, 0.1) is 12.0 Å². The van der Waals surface area contributed by atoms with E-state index < -0.39 is 30.4 Å². The maximum atomic E-state index is 14.1. The summed E-state index contributed by atoms with van der Waals surface area (Å²) in [5.41, 5.74) is 0.550. The zero-order chi connectivity index (χ0) is 20.0. The number of aliphatic hydroxyl groups is 2. The van der Waals surface area contributed by atoms with Gasteiger partial charge in [0.15, 0.2) is 23.2 Å². The Bertz CT molecular complexity index is 1100. The maximum Gasteiger partial charge on any atom is 0.226 e. The van der Waals surface area contributed by atoms with E-state index in [0.29, 0.717) is 0 Å². The highest BCUT2D eigenvalue weighted by atomic mass is 35.5. The molecule has 1 aliphatic heterocycles. The molecule has 28 heavy (non-hydrogen) atoms. The molecule has 0 radical (unpaired) electrons. The first-order chi connectivity index (χ1) is 13.4. The Morgan fingerprint density at radius 1 is 1.25 bits per heavy atom. The van der Waals surface area contributed by atoms with Crippen molar-refractivity contribution in [3.8, 4) is 12.3 Å². The first-order valence-electron chi connectivity index (χ1n) is 7.99. The number of fused-ring (bicyclic) bond motifs is 1. The smallest absolute Gasteiger partial charge is 0.226 e. The van der Waals surface area contributed by atoms with Gasteiger partial charge in [0.1, 0.15) is 24.1 Å². The Balaban J connectivity index is 1.76. The second-order valence-corrected chi connectivity index (χ2v) is 6.78. The molecule has 8 nitrogen and oxygen atoms in total. The van der Waals surface area contributed by atoms with Crippen molar-refractivity contribution >= 4 is 45.9 Å². The summed E-state index contributed by atoms with van der Waals surface area (Å²) in [6, 6.07) is 4.09. The number of nitrogens with one attached hydrogen (secondary N) is 1. The maximum absolute atomic E-state index is 14.1. The second-order valence-electron chi connectivity index (χ2n) is 6.01. The summed E-state index contributed by atoms with van der Waals surface area (Å²) in [5, 5.41) is 23.1. The molecule has 0 spiro atoms. The van der Waals surface area contributed by atoms with Crippen LogP contribution in [-0.4, -0.2) is 48.0 Å². The lowest BCUT2D eigenvalue weighted by Crippen LogP contribution is -2.30. The molecule has 4 atom stereocenters. The van der Waals surface area contributed by atoms with Gasteiger partial charge >= 0.3 is 0 Å². The van der Waals surface area contributed by atoms with E-state index >= 15 is 0 Å². The highest BCUT2D eigenvalue weighted by Crippen LogP contribution is 2.33. The molecule has 0 bridgehead atoms. The predicted molar refractivity (Wildman–Crippen MR) is 99.8 cm³/mol. The molecule has 1 saturated heterocycles. The summed E-state index contributed by atoms with van der Waals surface area (Å²) in [6.45, 7) is 0. The summed E-state index contributed by atoms with van der Waals surface area (Å²) in [4.78, 5) is 12.4. The average Bonchev–Trinajstić information content (AvgIpc) is 3.19. The number of nitrogens with zero attached hydrogens (tertiary/aromatic N) is 4. The van der Waals surface area contributed by atoms with Gasteiger partial charge in [-0.15, -0.1) is 6.42 Å². The standard InChI is InChI=1S/C17H12Cl2FN5O3/c1-2-10-12(26)13(27)16(28-10)25-6-21-11-14(23-17(19)24-15(11)25)22-9-4-3-7(18)5-8(9)20/h1,3-6,10,12-13,16,26-27H,(H,22,23,24)/t10-,12-,13-,16-/m1/s1. The fraction of sp³-hybridized carbons (Fsp3) is 0.235. The van der Waals surface area contributed by atoms with E-state index in [1.165, 1.54) is 23.0 Å². The minimum absolute atomic E-state index is 0.106. The molecule has 11 heteroatoms. The third kappa shape index (κ3) is 3.15. The predicted octanol–water partition coefficient (Wildman–Crippen LogP) is 2.27. The van der Waals surface area contributed by atoms with E-state index in [1.54, 1.807) is 0 Å². The zero-order valence-electron chi connectivity index (χ0n) is 13.9. The lowest BCUT2D eigenvalue weighted by atomic mass is 10.1. The highest BCUT2D eigenvalue weighted by molar-refractivity contribution is 6.30. The van der Waals surface area contributed by atoms with Crippen molar-refractivity contribution in [3.63, 3.8) is 0 Å². The molecule has 2 aromatic heterocycles. The van der Waals surface area contributed by atoms with Crippen LogP contribution in [-0.2, 0) is 4.74 Å². The number of hydrogen-bond donors (Lipinski definition) is 3. The second kappa shape index (κ2) is 7.16. The molecule has 0 amide bonds. The Morgan fingerprint density at radius 3 is 2.71 bits per heavy atom. The van der Waals surface area contributed by atoms with Crippen molar-refractivity contribution in [2.24, 2.45) is 0 Å². The van der Waals surface area contributed by atoms with Gasteiger partial charge in [-0.25, -0.2) is 9.37 Å². The van der Waals surface area contributed by atoms with Gasteiger partial charge in [0, 0.05) is 5.02 Å². The van der Waals surface area contributed by atoms with Crippen molar-refractivity contribution in [2.75, 3.05) is 5.32 Å². The largest absolute Gasteiger partial charge is 0.386 e. The Kier molecular flexibility index (Phi) is 4.82. The Hall–Kier alpha value is -2.48. The number of halogens is 3. The zero-order valence-corrected chi connectivity index (χ0v) is 15.4. The first kappa shape index (κ1) is 18.9. The molecule has 4 rings (SSSR count). The van der Waals surface area contributed by atoms with Crippen molar-refractivity contribution < 1.29 is 19.3 Å². The number of terminal acetylenes is 1. The number of aromatic nitrogens is 4. The summed E-state index contributed by atoms with van der Waals surface area (Å²) in [6.07, 6.45) is 2.03. The minimum atomic E-state index is -1.31. The third-order valence-electron chi connectivity index (χ3n) is 4.26. The molecular formula is C17H12Cl2FN5O3. The van der Waals surface area contributed by atoms with Gasteiger partial charge < -0.3 is 20.3 Å². The minimum Gasteiger partial charge on any atom is -0.386 e. The van der Waals surface area contributed by atoms with Crippen LogP contribution in [0.4, 0.5) is 15.9 Å². The molecule has 1 aromatic carbocycles. The van der Waals surface area contributed by atoms with E-state index in [9.17, 15) is 14.6 Å². The molecule has 0 aliphatic carbocycles. The molecule has 0 saturated carbocycles. The van der Waals surface area contributed by atoms with Crippen LogP contribution in [0.3, 0.4) is 0 Å². The molecule has 3 heterocycles. The SMILES string of the molecule is C#C[C@H]1O[C@@H](n2cnc3c(Nc4ccc(Cl)cc4F)nc(Cl)nc32)[C@H](O)[C@@H]1O. The topological polar surface area (TPSA) is 105 Å². The number of benzene rings is 1. The van der Waals surface area contributed by atoms with Gasteiger partial charge in [0.2, 0.25) is 5.28 Å². The fourth-order valence-electron chi connectivity index (χ4n) is 2.91. The molecule has 144 valence electrons. The van der Waals surface area contributed by atoms with Gasteiger partial charge in [-0.05, 0) is 29.8 Å². The highest BCUT2D eigenvalue weighted by Gasteiger charge is 2.43. The van der Waals surface area contributed by atoms with Crippen molar-refractivity contribution in [2.45, 2.75) is 24.5 Å². The molecule has 1 aliphatic rings. The van der Waals surface area contributed by atoms with Crippen LogP contribution >= 0.6 is 23.2 Å². The normalized spacial score (nSPS) is 24.4. The molecule has 3 N–H and O–H groups in total. The van der Waals surface area contributed by atoms with Gasteiger partial charge in [-0.3, -0.25) is 4.57 Å². The van der Waals surface area contributed by atoms with E-state index in [1.807, 2.05) is 0 Å². The van der Waals surface area contributed by atoms with Crippen LogP contribution in [0.15, 0.2) is 24.5 Å². The number of ether oxygens (including phenoxy) is 1. The lowest BCUT2D eigenvalue weighted by molar-refractivity contribution is -0.0230. The summed E-state index contributed by atoms with van der Waals surface area (Å²) >= 11 is 11.8. The molecule has 0 unspecified atom stereocenters. The van der Waals surface area contributed by atoms with E-state index in [2.05, 4.69) is 26.2 Å². The summed E-state index contributed by atoms with van der Waals surface area (Å²) in [7, 11) is 0. The van der Waals surface area contributed by atoms with E-state index in [0.717, 1.165) is 6.07 Å². The number of anilines is 2. The van der Waals surface area contributed by atoms with Crippen LogP contribution in [0.5, 0.6) is 0 Å². The van der Waals surface area contributed by atoms with E-state index in [4.69, 9.17) is 34.4 Å². The monoisotopic (exact) mass is 423 g/mol. The van der Waals surface area contributed by atoms with Crippen LogP contribution < -0.4 is 5.32 Å². The van der Waals surface area contributed by atoms with Crippen LogP contribution in [0, 0.1) is 18.2 Å². The van der Waals surface area contributed by atoms with Crippen LogP contribution in [0.2, 0.25) is 10.3 Å². The summed E-state index contributed by atoms with van der Waals surface area (Å²) in [5.74, 6) is 1.80. The van der Waals surface area contributed by atoms with Crippen molar-refractivity contribution in [1.82, 2.24) is 19.5 Å². The van der Waals surface area contributed by atoms with Crippen LogP contribution in [0.25, 0.3) is 11.2 Å². The van der Waals surface area contributed by atoms with Crippen molar-refractivity contribution in [1.29, 1.82) is 0 Å². The van der Waals surface area contributed by atoms with Crippen molar-refractivity contribution in [3.05, 3.63) is 40.6 Å². The Labute approximate surface area is 167 Å². The number of rotatable bonds is 3. The van der Waals surface area contributed by atoms with Gasteiger partial charge in [0.25, 0.3) is 0 Å². The molecular weight excluding hydrogens is 412 g/mol. The Morgan fingerprint density at radius 2 is 2.04 bits per heavy atom. The van der Waals surface area contributed by atoms with Gasteiger partial charge in [-0.1, -0.05) is 17.5 Å². The summed E-state index contributed by atoms with van der Waals surface area (Å²) < 4.78 is 21.0. The number of imidazole rings is 1. The quantitative estimate of drug-likeness (QED) is 0.438. The number of aliphatic hydroxyl groups excluding tert-OH is 2. The van der Waals surface area contributed by atoms with E-state index in [-0.39, 0.29) is 33.0 Å². The molecule has 1 fully saturated rings. The number of hydrogen-bond acceptors (Lipinski definition) is 7. The lowest BCUT2D eigenvalue weighted by Gasteiger charge is -2.16. The fourth-order valence-corrected chi connectivity index (χ4v) is 3.23. The average molecular weight is 424 g/mol. The van der Waals surface area contributed by atoms with Crippen LogP contribution in [0.1, 0.15) is 6.23 Å². The third-order valence-corrected chi connectivity index (χ3v) is 4.66. The molecule has 3 aromatic rings. The first-order valence-corrected chi connectivity index (χ1v) is 8.74. The van der Waals surface area contributed by atoms with Gasteiger partial charge in [-0.2, -0.15) is 9.97 Å².